The highest BCUT2D eigenvalue weighted by atomic mass is 35.5. The zero-order valence-corrected chi connectivity index (χ0v) is 76.7. The summed E-state index contributed by atoms with van der Waals surface area (Å²) < 4.78 is 24.0. The van der Waals surface area contributed by atoms with Gasteiger partial charge in [-0.15, -0.1) is 45.3 Å². The van der Waals surface area contributed by atoms with E-state index in [2.05, 4.69) is 118 Å². The number of rotatable bonds is 42. The maximum atomic E-state index is 14.5. The Morgan fingerprint density at radius 3 is 1.22 bits per heavy atom. The summed E-state index contributed by atoms with van der Waals surface area (Å²) in [6, 6.07) is 23.9. The van der Waals surface area contributed by atoms with Gasteiger partial charge in [0.05, 0.1) is 82.1 Å². The van der Waals surface area contributed by atoms with Crippen molar-refractivity contribution in [2.24, 2.45) is 5.92 Å². The monoisotopic (exact) mass is 1740 g/mol. The standard InChI is InChI=1S/C99H108Cl4N8O2S5/c1-8-12-16-20-23-25-27-30-34-42-67-79(46-36-44-69-81(64(57-104)58-105)71-53-75(100)77(102)55-73(71)91(69)112)114-97-89-95(116-93(67)97)83-85-86(109-118-108-85)84-88(87(83)110(89)52-38-41-62-48-50-66(51-49-62)99(5,6)7)111(61-63(39-32-19-15-11-4)40-33-29-22-18-14-10-3)90-96(84)117-94-68(43-35-31-28-26-24-21-17-13-9-2)80(115-98(90)94)47-37-45-70-82(65(59-106)60-107)72-54-76(101)78(103)56-74(72)92(70)113/h36-37,44-51,53-56,63H,8-35,38-43,52,61H2,1-7H3/b46-36+,47-37+,69-44-,70-45-. The minimum absolute atomic E-state index is 0.0205. The van der Waals surface area contributed by atoms with Crippen molar-refractivity contribution in [1.29, 1.82) is 21.0 Å². The lowest BCUT2D eigenvalue weighted by molar-refractivity contribution is 0.103. The van der Waals surface area contributed by atoms with Gasteiger partial charge in [0.1, 0.15) is 46.5 Å². The maximum Gasteiger partial charge on any atom is 0.194 e. The maximum absolute atomic E-state index is 14.5. The molecule has 1 unspecified atom stereocenters. The topological polar surface area (TPSA) is 165 Å². The molecule has 0 fully saturated rings. The van der Waals surface area contributed by atoms with Crippen molar-refractivity contribution in [3.8, 4) is 24.3 Å². The number of thiophene rings is 4. The van der Waals surface area contributed by atoms with Crippen molar-refractivity contribution in [1.82, 2.24) is 17.9 Å². The van der Waals surface area contributed by atoms with Crippen LogP contribution in [0.4, 0.5) is 0 Å². The van der Waals surface area contributed by atoms with Gasteiger partial charge >= 0.3 is 0 Å². The van der Waals surface area contributed by atoms with Gasteiger partial charge in [-0.3, -0.25) is 9.59 Å². The highest BCUT2D eigenvalue weighted by Crippen LogP contribution is 2.56. The van der Waals surface area contributed by atoms with Crippen molar-refractivity contribution in [3.05, 3.63) is 169 Å². The predicted octanol–water partition coefficient (Wildman–Crippen LogP) is 32.8. The average molecular weight is 1740 g/mol. The largest absolute Gasteiger partial charge is 0.337 e. The number of unbranched alkanes of at least 4 members (excludes halogenated alkanes) is 24. The van der Waals surface area contributed by atoms with Crippen LogP contribution in [0.25, 0.3) is 95.4 Å². The van der Waals surface area contributed by atoms with Crippen molar-refractivity contribution in [3.63, 3.8) is 0 Å². The van der Waals surface area contributed by atoms with Crippen LogP contribution in [-0.2, 0) is 37.8 Å². The molecule has 4 aromatic carbocycles. The van der Waals surface area contributed by atoms with Gasteiger partial charge in [0, 0.05) is 67.0 Å². The summed E-state index contributed by atoms with van der Waals surface area (Å²) >= 11 is 35.1. The van der Waals surface area contributed by atoms with Crippen molar-refractivity contribution in [2.75, 3.05) is 0 Å². The number of carbonyl (C=O) groups excluding carboxylic acids is 2. The molecule has 10 nitrogen and oxygen atoms in total. The Labute approximate surface area is 737 Å². The van der Waals surface area contributed by atoms with Gasteiger partial charge < -0.3 is 9.13 Å². The van der Waals surface area contributed by atoms with Gasteiger partial charge in [0.25, 0.3) is 0 Å². The molecule has 7 aromatic heterocycles. The van der Waals surface area contributed by atoms with E-state index in [1.54, 1.807) is 36.4 Å². The Morgan fingerprint density at radius 1 is 0.441 bits per heavy atom. The first-order valence-corrected chi connectivity index (χ1v) is 49.0. The minimum Gasteiger partial charge on any atom is -0.337 e. The molecule has 19 heteroatoms. The quantitative estimate of drug-likeness (QED) is 0.0207. The Morgan fingerprint density at radius 2 is 0.814 bits per heavy atom. The van der Waals surface area contributed by atoms with Gasteiger partial charge in [0.2, 0.25) is 0 Å². The molecule has 0 radical (unpaired) electrons. The van der Waals surface area contributed by atoms with Crippen LogP contribution < -0.4 is 0 Å². The fourth-order valence-electron chi connectivity index (χ4n) is 17.9. The molecule has 1 atom stereocenters. The van der Waals surface area contributed by atoms with Gasteiger partial charge in [-0.05, 0) is 132 Å². The predicted molar refractivity (Wildman–Crippen MR) is 508 cm³/mol. The molecule has 2 aliphatic rings. The van der Waals surface area contributed by atoms with E-state index in [0.717, 1.165) is 98.1 Å². The lowest BCUT2D eigenvalue weighted by atomic mass is 9.86. The first kappa shape index (κ1) is 88.3. The van der Waals surface area contributed by atoms with Gasteiger partial charge in [-0.25, -0.2) is 0 Å². The number of ketones is 2. The molecule has 0 N–H and O–H groups in total. The van der Waals surface area contributed by atoms with Crippen LogP contribution in [0.15, 0.2) is 95.1 Å². The van der Waals surface area contributed by atoms with Gasteiger partial charge in [-0.1, -0.05) is 310 Å². The highest BCUT2D eigenvalue weighted by Gasteiger charge is 2.37. The highest BCUT2D eigenvalue weighted by molar-refractivity contribution is 7.34. The molecule has 614 valence electrons. The van der Waals surface area contributed by atoms with E-state index >= 15 is 0 Å². The second-order valence-corrected chi connectivity index (χ2v) is 39.8. The Balaban J connectivity index is 1.05. The number of benzene rings is 4. The minimum atomic E-state index is -0.316. The summed E-state index contributed by atoms with van der Waals surface area (Å²) in [5.74, 6) is -0.231. The van der Waals surface area contributed by atoms with Crippen LogP contribution in [0.2, 0.25) is 20.1 Å². The van der Waals surface area contributed by atoms with E-state index in [4.69, 9.17) is 55.2 Å². The summed E-state index contributed by atoms with van der Waals surface area (Å²) in [6.45, 7) is 17.6. The fraction of sp³-hybridized carbons (Fsp3) is 0.455. The Bertz CT molecular complexity index is 5910. The van der Waals surface area contributed by atoms with E-state index in [9.17, 15) is 30.6 Å². The number of allylic oxidation sites excluding steroid dienone is 10. The van der Waals surface area contributed by atoms with Gasteiger partial charge in [0.15, 0.2) is 11.6 Å². The van der Waals surface area contributed by atoms with Crippen LogP contribution in [0.3, 0.4) is 0 Å². The van der Waals surface area contributed by atoms with Crippen LogP contribution >= 0.6 is 103 Å². The van der Waals surface area contributed by atoms with Crippen molar-refractivity contribution < 1.29 is 9.59 Å². The van der Waals surface area contributed by atoms with Crippen molar-refractivity contribution >= 4 is 210 Å². The molecule has 0 amide bonds. The molecule has 11 aromatic rings. The van der Waals surface area contributed by atoms with Gasteiger partial charge in [-0.2, -0.15) is 29.8 Å². The second-order valence-electron chi connectivity index (χ2n) is 33.5. The number of hydrogen-bond acceptors (Lipinski definition) is 13. The van der Waals surface area contributed by atoms with E-state index in [-0.39, 0.29) is 70.5 Å². The molecular weight excluding hydrogens is 1640 g/mol. The third-order valence-electron chi connectivity index (χ3n) is 24.2. The zero-order valence-electron chi connectivity index (χ0n) is 69.6. The second kappa shape index (κ2) is 41.4. The van der Waals surface area contributed by atoms with E-state index in [1.807, 2.05) is 57.5 Å². The molecular formula is C99H108Cl4N8O2S5. The molecule has 7 heterocycles. The van der Waals surface area contributed by atoms with Crippen LogP contribution in [0.1, 0.15) is 311 Å². The van der Waals surface area contributed by atoms with Crippen LogP contribution in [-0.4, -0.2) is 29.4 Å². The number of aromatic nitrogens is 4. The number of hydrogen-bond donors (Lipinski definition) is 0. The van der Waals surface area contributed by atoms with E-state index in [1.165, 1.54) is 249 Å². The number of aryl methyl sites for hydroxylation is 4. The number of Topliss-reactive ketones (excluding diaryl/α,β-unsaturated/α-hetero) is 2. The summed E-state index contributed by atoms with van der Waals surface area (Å²) in [6.07, 6.45) is 51.5. The van der Waals surface area contributed by atoms with Crippen molar-refractivity contribution in [2.45, 2.75) is 285 Å². The normalized spacial score (nSPS) is 14.2. The number of fused-ring (bicyclic) bond motifs is 16. The molecule has 0 saturated carbocycles. The summed E-state index contributed by atoms with van der Waals surface area (Å²) in [5.41, 5.74) is 14.2. The fourth-order valence-corrected chi connectivity index (χ4v) is 25.0. The average Bonchev–Trinajstić information content (AvgIpc) is 1.50. The molecule has 13 rings (SSSR count). The lowest BCUT2D eigenvalue weighted by Gasteiger charge is -2.20. The number of carbonyl (C=O) groups is 2. The Kier molecular flexibility index (Phi) is 31.0. The summed E-state index contributed by atoms with van der Waals surface area (Å²) in [7, 11) is 0. The third-order valence-corrected chi connectivity index (χ3v) is 31.3. The smallest absolute Gasteiger partial charge is 0.194 e. The first-order chi connectivity index (χ1) is 57.4. The molecule has 2 aliphatic carbocycles. The molecule has 118 heavy (non-hydrogen) atoms. The number of nitrogens with zero attached hydrogens (tertiary/aromatic N) is 8. The number of halogens is 4. The summed E-state index contributed by atoms with van der Waals surface area (Å²) in [5, 5.41) is 44.8. The molecule has 0 saturated heterocycles. The van der Waals surface area contributed by atoms with Crippen LogP contribution in [0, 0.1) is 51.2 Å². The zero-order chi connectivity index (χ0) is 83.2. The Hall–Kier alpha value is -7.48. The SMILES string of the molecule is CCCCCCCCCCCc1c(/C=C/C=C2\C(=O)c3cc(Cl)c(Cl)cc3C2=C(C#N)C#N)sc2c1sc1c3c4nsnc4c4c5sc6c(CCCCCCCCCCC)c(/C=C/C=C7\C(=O)c8cc(Cl)c(Cl)cc8C7=C(C#N)C#N)sc6c5n(CC(CCCCCC)CCCCCCCC)c4c3n(CCCc3ccc(C(C)(C)C)cc3)c21. The molecule has 0 bridgehead atoms. The molecule has 0 aliphatic heterocycles. The van der Waals surface area contributed by atoms with E-state index in [0.29, 0.717) is 28.2 Å². The van der Waals surface area contributed by atoms with E-state index < -0.39 is 0 Å². The first-order valence-electron chi connectivity index (χ1n) is 43.5. The van der Waals surface area contributed by atoms with Crippen LogP contribution in [0.5, 0.6) is 0 Å². The molecule has 0 spiro atoms. The lowest BCUT2D eigenvalue weighted by Crippen LogP contribution is -2.12. The third kappa shape index (κ3) is 19.1. The number of nitriles is 4. The summed E-state index contributed by atoms with van der Waals surface area (Å²) in [4.78, 5) is 31.3.